The third kappa shape index (κ3) is 2.04. The smallest absolute Gasteiger partial charge is 0.174 e. The molecule has 0 aliphatic rings. The van der Waals surface area contributed by atoms with Crippen molar-refractivity contribution in [3.8, 4) is 22.8 Å². The van der Waals surface area contributed by atoms with Gasteiger partial charge in [-0.3, -0.25) is 0 Å². The maximum absolute atomic E-state index is 5.29. The predicted octanol–water partition coefficient (Wildman–Crippen LogP) is 2.86. The van der Waals surface area contributed by atoms with Gasteiger partial charge in [0.25, 0.3) is 0 Å². The van der Waals surface area contributed by atoms with Crippen molar-refractivity contribution in [3.05, 3.63) is 29.1 Å². The Morgan fingerprint density at radius 1 is 1.25 bits per heavy atom. The van der Waals surface area contributed by atoms with Gasteiger partial charge in [-0.1, -0.05) is 0 Å². The van der Waals surface area contributed by atoms with Crippen LogP contribution in [-0.4, -0.2) is 24.2 Å². The van der Waals surface area contributed by atoms with Gasteiger partial charge in [0.2, 0.25) is 0 Å². The first kappa shape index (κ1) is 11.0. The average Bonchev–Trinajstić information content (AvgIpc) is 2.75. The van der Waals surface area contributed by atoms with Crippen molar-refractivity contribution in [3.63, 3.8) is 0 Å². The lowest BCUT2D eigenvalue weighted by atomic mass is 10.1. The first-order valence-electron chi connectivity index (χ1n) is 4.67. The average molecular weight is 283 g/mol. The predicted molar refractivity (Wildman–Crippen MR) is 64.8 cm³/mol. The number of nitrogens with zero attached hydrogens (tertiary/aromatic N) is 1. The zero-order valence-corrected chi connectivity index (χ0v) is 10.5. The monoisotopic (exact) mass is 282 g/mol. The molecule has 0 saturated carbocycles. The summed E-state index contributed by atoms with van der Waals surface area (Å²) in [6.45, 7) is 0. The zero-order valence-electron chi connectivity index (χ0n) is 8.95. The molecule has 84 valence electrons. The van der Waals surface area contributed by atoms with E-state index < -0.39 is 0 Å². The van der Waals surface area contributed by atoms with Gasteiger partial charge in [-0.25, -0.2) is 4.98 Å². The van der Waals surface area contributed by atoms with Gasteiger partial charge in [0, 0.05) is 5.56 Å². The van der Waals surface area contributed by atoms with Crippen molar-refractivity contribution in [1.29, 1.82) is 0 Å². The van der Waals surface area contributed by atoms with Crippen molar-refractivity contribution in [2.75, 3.05) is 14.2 Å². The van der Waals surface area contributed by atoms with Gasteiger partial charge in [0.1, 0.15) is 11.5 Å². The van der Waals surface area contributed by atoms with E-state index in [1.807, 2.05) is 18.2 Å². The van der Waals surface area contributed by atoms with E-state index in [9.17, 15) is 0 Å². The lowest BCUT2D eigenvalue weighted by molar-refractivity contribution is 0.404. The molecule has 0 saturated heterocycles. The number of H-pyrrole nitrogens is 1. The second-order valence-corrected chi connectivity index (χ2v) is 3.91. The summed E-state index contributed by atoms with van der Waals surface area (Å²) in [7, 11) is 3.27. The Morgan fingerprint density at radius 3 is 2.62 bits per heavy atom. The topological polar surface area (TPSA) is 47.1 Å². The minimum Gasteiger partial charge on any atom is -0.497 e. The van der Waals surface area contributed by atoms with Crippen LogP contribution in [0.15, 0.2) is 29.1 Å². The van der Waals surface area contributed by atoms with Crippen LogP contribution in [-0.2, 0) is 0 Å². The normalized spacial score (nSPS) is 10.2. The Labute approximate surface area is 102 Å². The molecule has 0 aliphatic heterocycles. The molecule has 0 atom stereocenters. The van der Waals surface area contributed by atoms with Crippen molar-refractivity contribution < 1.29 is 9.47 Å². The second kappa shape index (κ2) is 4.57. The molecule has 0 spiro atoms. The molecule has 1 aromatic carbocycles. The Hall–Kier alpha value is -1.49. The molecule has 4 nitrogen and oxygen atoms in total. The van der Waals surface area contributed by atoms with Crippen molar-refractivity contribution >= 4 is 15.9 Å². The number of benzene rings is 1. The standard InChI is InChI=1S/C11H11BrN2O2/c1-15-7-3-4-10(16-2)8(5-7)9-6-13-11(12)14-9/h3-6H,1-2H3,(H,13,14). The molecule has 2 aromatic rings. The van der Waals surface area contributed by atoms with Gasteiger partial charge in [0.05, 0.1) is 26.1 Å². The Kier molecular flexibility index (Phi) is 3.14. The Balaban J connectivity index is 2.52. The van der Waals surface area contributed by atoms with Crippen LogP contribution >= 0.6 is 15.9 Å². The highest BCUT2D eigenvalue weighted by Gasteiger charge is 2.09. The molecule has 1 N–H and O–H groups in total. The van der Waals surface area contributed by atoms with Crippen LogP contribution in [0.25, 0.3) is 11.3 Å². The van der Waals surface area contributed by atoms with Crippen LogP contribution in [0.3, 0.4) is 0 Å². The first-order chi connectivity index (χ1) is 7.74. The van der Waals surface area contributed by atoms with E-state index in [0.717, 1.165) is 22.8 Å². The van der Waals surface area contributed by atoms with Crippen LogP contribution in [0.5, 0.6) is 11.5 Å². The highest BCUT2D eigenvalue weighted by molar-refractivity contribution is 9.10. The lowest BCUT2D eigenvalue weighted by Gasteiger charge is -2.08. The molecule has 0 unspecified atom stereocenters. The van der Waals surface area contributed by atoms with Crippen LogP contribution < -0.4 is 9.47 Å². The molecule has 2 rings (SSSR count). The summed E-state index contributed by atoms with van der Waals surface area (Å²) in [5, 5.41) is 0. The van der Waals surface area contributed by atoms with Crippen molar-refractivity contribution in [1.82, 2.24) is 9.97 Å². The Bertz CT molecular complexity index is 496. The summed E-state index contributed by atoms with van der Waals surface area (Å²) >= 11 is 3.27. The maximum atomic E-state index is 5.29. The molecule has 0 aliphatic carbocycles. The van der Waals surface area contributed by atoms with Gasteiger partial charge in [-0.05, 0) is 34.1 Å². The molecule has 0 fully saturated rings. The summed E-state index contributed by atoms with van der Waals surface area (Å²) in [5.74, 6) is 1.55. The molecule has 0 amide bonds. The fourth-order valence-corrected chi connectivity index (χ4v) is 1.77. The van der Waals surface area contributed by atoms with E-state index in [1.165, 1.54) is 0 Å². The molecule has 16 heavy (non-hydrogen) atoms. The van der Waals surface area contributed by atoms with Crippen LogP contribution in [0.2, 0.25) is 0 Å². The molecular weight excluding hydrogens is 272 g/mol. The first-order valence-corrected chi connectivity index (χ1v) is 5.47. The summed E-state index contributed by atoms with van der Waals surface area (Å²) in [4.78, 5) is 7.18. The van der Waals surface area contributed by atoms with Crippen LogP contribution in [0, 0.1) is 0 Å². The number of hydrogen-bond acceptors (Lipinski definition) is 3. The van der Waals surface area contributed by atoms with E-state index >= 15 is 0 Å². The number of aromatic amines is 1. The van der Waals surface area contributed by atoms with E-state index in [0.29, 0.717) is 4.73 Å². The highest BCUT2D eigenvalue weighted by atomic mass is 79.9. The SMILES string of the molecule is COc1ccc(OC)c(-c2cnc(Br)[nH]2)c1. The van der Waals surface area contributed by atoms with Crippen LogP contribution in [0.1, 0.15) is 0 Å². The quantitative estimate of drug-likeness (QED) is 0.942. The van der Waals surface area contributed by atoms with Crippen molar-refractivity contribution in [2.24, 2.45) is 0 Å². The van der Waals surface area contributed by atoms with E-state index in [-0.39, 0.29) is 0 Å². The highest BCUT2D eigenvalue weighted by Crippen LogP contribution is 2.32. The number of ether oxygens (including phenoxy) is 2. The third-order valence-electron chi connectivity index (χ3n) is 2.24. The molecule has 0 radical (unpaired) electrons. The number of hydrogen-bond donors (Lipinski definition) is 1. The maximum Gasteiger partial charge on any atom is 0.174 e. The van der Waals surface area contributed by atoms with Gasteiger partial charge in [-0.15, -0.1) is 0 Å². The summed E-state index contributed by atoms with van der Waals surface area (Å²) < 4.78 is 11.2. The molecule has 5 heteroatoms. The van der Waals surface area contributed by atoms with Gasteiger partial charge >= 0.3 is 0 Å². The van der Waals surface area contributed by atoms with Crippen LogP contribution in [0.4, 0.5) is 0 Å². The van der Waals surface area contributed by atoms with Gasteiger partial charge in [0.15, 0.2) is 4.73 Å². The molecule has 1 aromatic heterocycles. The van der Waals surface area contributed by atoms with Gasteiger partial charge < -0.3 is 14.5 Å². The fraction of sp³-hybridized carbons (Fsp3) is 0.182. The minimum atomic E-state index is 0.687. The summed E-state index contributed by atoms with van der Waals surface area (Å²) in [6, 6.07) is 5.62. The number of imidazole rings is 1. The third-order valence-corrected chi connectivity index (χ3v) is 2.64. The summed E-state index contributed by atoms with van der Waals surface area (Å²) in [6.07, 6.45) is 1.74. The molecular formula is C11H11BrN2O2. The van der Waals surface area contributed by atoms with E-state index in [2.05, 4.69) is 25.9 Å². The second-order valence-electron chi connectivity index (χ2n) is 3.15. The van der Waals surface area contributed by atoms with E-state index in [4.69, 9.17) is 9.47 Å². The number of methoxy groups -OCH3 is 2. The molecule has 1 heterocycles. The fourth-order valence-electron chi connectivity index (χ4n) is 1.46. The number of halogens is 1. The number of rotatable bonds is 3. The molecule has 0 bridgehead atoms. The minimum absolute atomic E-state index is 0.687. The Morgan fingerprint density at radius 2 is 2.06 bits per heavy atom. The largest absolute Gasteiger partial charge is 0.497 e. The number of aromatic nitrogens is 2. The zero-order chi connectivity index (χ0) is 11.5. The van der Waals surface area contributed by atoms with Crippen molar-refractivity contribution in [2.45, 2.75) is 0 Å². The number of nitrogens with one attached hydrogen (secondary N) is 1. The van der Waals surface area contributed by atoms with E-state index in [1.54, 1.807) is 20.4 Å². The lowest BCUT2D eigenvalue weighted by Crippen LogP contribution is -1.90. The van der Waals surface area contributed by atoms with Gasteiger partial charge in [-0.2, -0.15) is 0 Å². The summed E-state index contributed by atoms with van der Waals surface area (Å²) in [5.41, 5.74) is 1.79.